The molecular formula is C16H26N2O. The minimum absolute atomic E-state index is 0.452. The third-order valence-corrected chi connectivity index (χ3v) is 3.82. The molecule has 2 atom stereocenters. The van der Waals surface area contributed by atoms with Crippen molar-refractivity contribution in [1.82, 2.24) is 10.3 Å². The van der Waals surface area contributed by atoms with Crippen LogP contribution in [0.3, 0.4) is 0 Å². The smallest absolute Gasteiger partial charge is 0.0576 e. The van der Waals surface area contributed by atoms with Crippen LogP contribution in [0.2, 0.25) is 0 Å². The van der Waals surface area contributed by atoms with Crippen LogP contribution in [0, 0.1) is 6.92 Å². The highest BCUT2D eigenvalue weighted by atomic mass is 16.5. The Labute approximate surface area is 116 Å². The van der Waals surface area contributed by atoms with Gasteiger partial charge in [0.05, 0.1) is 6.10 Å². The summed E-state index contributed by atoms with van der Waals surface area (Å²) in [6.07, 6.45) is 8.52. The minimum atomic E-state index is 0.452. The van der Waals surface area contributed by atoms with E-state index in [0.717, 1.165) is 18.8 Å². The van der Waals surface area contributed by atoms with Crippen LogP contribution < -0.4 is 5.32 Å². The molecule has 2 rings (SSSR count). The van der Waals surface area contributed by atoms with Crippen LogP contribution >= 0.6 is 0 Å². The summed E-state index contributed by atoms with van der Waals surface area (Å²) < 4.78 is 5.69. The molecular weight excluding hydrogens is 236 g/mol. The lowest BCUT2D eigenvalue weighted by Crippen LogP contribution is -2.21. The molecule has 1 N–H and O–H groups in total. The summed E-state index contributed by atoms with van der Waals surface area (Å²) >= 11 is 0. The third-order valence-electron chi connectivity index (χ3n) is 3.82. The summed E-state index contributed by atoms with van der Waals surface area (Å²) in [5.74, 6) is 0. The second-order valence-electron chi connectivity index (χ2n) is 5.41. The van der Waals surface area contributed by atoms with Gasteiger partial charge in [-0.15, -0.1) is 0 Å². The largest absolute Gasteiger partial charge is 0.378 e. The summed E-state index contributed by atoms with van der Waals surface area (Å²) in [4.78, 5) is 4.28. The van der Waals surface area contributed by atoms with Crippen LogP contribution in [0.1, 0.15) is 56.3 Å². The second-order valence-corrected chi connectivity index (χ2v) is 5.41. The van der Waals surface area contributed by atoms with Crippen molar-refractivity contribution in [3.63, 3.8) is 0 Å². The van der Waals surface area contributed by atoms with Crippen molar-refractivity contribution in [3.8, 4) is 0 Å². The topological polar surface area (TPSA) is 34.1 Å². The zero-order valence-electron chi connectivity index (χ0n) is 12.2. The monoisotopic (exact) mass is 262 g/mol. The first-order valence-corrected chi connectivity index (χ1v) is 7.57. The van der Waals surface area contributed by atoms with E-state index >= 15 is 0 Å². The van der Waals surface area contributed by atoms with E-state index in [2.05, 4.69) is 36.3 Å². The number of pyridine rings is 1. The maximum atomic E-state index is 5.69. The predicted octanol–water partition coefficient (Wildman–Crippen LogP) is 3.39. The maximum Gasteiger partial charge on any atom is 0.0576 e. The van der Waals surface area contributed by atoms with Gasteiger partial charge in [0.1, 0.15) is 0 Å². The summed E-state index contributed by atoms with van der Waals surface area (Å²) in [5.41, 5.74) is 2.46. The molecule has 0 amide bonds. The molecule has 2 heterocycles. The predicted molar refractivity (Wildman–Crippen MR) is 78.2 cm³/mol. The molecule has 3 nitrogen and oxygen atoms in total. The van der Waals surface area contributed by atoms with Crippen molar-refractivity contribution in [2.45, 2.75) is 58.1 Å². The third kappa shape index (κ3) is 4.59. The molecule has 0 saturated carbocycles. The van der Waals surface area contributed by atoms with E-state index in [-0.39, 0.29) is 0 Å². The molecule has 1 aliphatic rings. The van der Waals surface area contributed by atoms with Crippen LogP contribution in [0.5, 0.6) is 0 Å². The van der Waals surface area contributed by atoms with Gasteiger partial charge in [-0.05, 0) is 63.3 Å². The summed E-state index contributed by atoms with van der Waals surface area (Å²) in [6, 6.07) is 4.78. The van der Waals surface area contributed by atoms with Crippen molar-refractivity contribution >= 4 is 0 Å². The average Bonchev–Trinajstić information content (AvgIpc) is 2.91. The van der Waals surface area contributed by atoms with Gasteiger partial charge in [-0.25, -0.2) is 0 Å². The minimum Gasteiger partial charge on any atom is -0.378 e. The molecule has 1 saturated heterocycles. The maximum absolute atomic E-state index is 5.69. The van der Waals surface area contributed by atoms with E-state index in [4.69, 9.17) is 4.74 Å². The van der Waals surface area contributed by atoms with Crippen LogP contribution in [-0.2, 0) is 4.74 Å². The Kier molecular flexibility index (Phi) is 5.80. The zero-order chi connectivity index (χ0) is 13.5. The molecule has 1 aromatic rings. The highest BCUT2D eigenvalue weighted by Gasteiger charge is 2.16. The molecule has 0 bridgehead atoms. The van der Waals surface area contributed by atoms with Gasteiger partial charge in [-0.1, -0.05) is 6.92 Å². The molecule has 19 heavy (non-hydrogen) atoms. The molecule has 1 aliphatic heterocycles. The Balaban J connectivity index is 1.84. The van der Waals surface area contributed by atoms with Crippen molar-refractivity contribution in [3.05, 3.63) is 29.6 Å². The Morgan fingerprint density at radius 3 is 3.11 bits per heavy atom. The van der Waals surface area contributed by atoms with Gasteiger partial charge in [0.15, 0.2) is 0 Å². The Hall–Kier alpha value is -0.930. The molecule has 0 aliphatic carbocycles. The fourth-order valence-electron chi connectivity index (χ4n) is 2.84. The Morgan fingerprint density at radius 2 is 2.42 bits per heavy atom. The van der Waals surface area contributed by atoms with Gasteiger partial charge in [-0.3, -0.25) is 4.98 Å². The number of hydrogen-bond acceptors (Lipinski definition) is 3. The molecule has 1 fully saturated rings. The first-order chi connectivity index (χ1) is 9.29. The van der Waals surface area contributed by atoms with E-state index < -0.39 is 0 Å². The van der Waals surface area contributed by atoms with Crippen molar-refractivity contribution in [1.29, 1.82) is 0 Å². The average molecular weight is 262 g/mol. The van der Waals surface area contributed by atoms with Crippen LogP contribution in [0.25, 0.3) is 0 Å². The number of hydrogen-bond donors (Lipinski definition) is 1. The quantitative estimate of drug-likeness (QED) is 0.818. The van der Waals surface area contributed by atoms with E-state index in [1.807, 2.05) is 6.20 Å². The first kappa shape index (κ1) is 14.5. The number of nitrogens with one attached hydrogen (secondary N) is 1. The van der Waals surface area contributed by atoms with Gasteiger partial charge in [-0.2, -0.15) is 0 Å². The number of aromatic nitrogens is 1. The van der Waals surface area contributed by atoms with E-state index in [0.29, 0.717) is 12.1 Å². The standard InChI is InChI=1S/C16H26N2O/c1-3-17-16(14-9-10-18-13(2)12-14)8-4-6-15-7-5-11-19-15/h9-10,12,15-17H,3-8,11H2,1-2H3. The summed E-state index contributed by atoms with van der Waals surface area (Å²) in [7, 11) is 0. The number of aryl methyl sites for hydroxylation is 1. The molecule has 0 aromatic carbocycles. The Bertz CT molecular complexity index is 375. The lowest BCUT2D eigenvalue weighted by atomic mass is 9.99. The van der Waals surface area contributed by atoms with E-state index in [1.54, 1.807) is 0 Å². The van der Waals surface area contributed by atoms with Gasteiger partial charge in [0, 0.05) is 24.5 Å². The fraction of sp³-hybridized carbons (Fsp3) is 0.688. The first-order valence-electron chi connectivity index (χ1n) is 7.57. The van der Waals surface area contributed by atoms with Crippen molar-refractivity contribution in [2.24, 2.45) is 0 Å². The number of nitrogens with zero attached hydrogens (tertiary/aromatic N) is 1. The van der Waals surface area contributed by atoms with Crippen molar-refractivity contribution in [2.75, 3.05) is 13.2 Å². The highest BCUT2D eigenvalue weighted by molar-refractivity contribution is 5.19. The molecule has 106 valence electrons. The van der Waals surface area contributed by atoms with Gasteiger partial charge >= 0.3 is 0 Å². The highest BCUT2D eigenvalue weighted by Crippen LogP contribution is 2.23. The van der Waals surface area contributed by atoms with E-state index in [9.17, 15) is 0 Å². The summed E-state index contributed by atoms with van der Waals surface area (Å²) in [5, 5.41) is 3.58. The van der Waals surface area contributed by atoms with Crippen LogP contribution in [0.4, 0.5) is 0 Å². The fourth-order valence-corrected chi connectivity index (χ4v) is 2.84. The molecule has 3 heteroatoms. The SMILES string of the molecule is CCNC(CCCC1CCCO1)c1ccnc(C)c1. The van der Waals surface area contributed by atoms with Crippen LogP contribution in [0.15, 0.2) is 18.3 Å². The molecule has 2 unspecified atom stereocenters. The van der Waals surface area contributed by atoms with E-state index in [1.165, 1.54) is 37.7 Å². The lowest BCUT2D eigenvalue weighted by Gasteiger charge is -2.19. The second kappa shape index (κ2) is 7.61. The Morgan fingerprint density at radius 1 is 1.53 bits per heavy atom. The van der Waals surface area contributed by atoms with Gasteiger partial charge < -0.3 is 10.1 Å². The van der Waals surface area contributed by atoms with Gasteiger partial charge in [0.25, 0.3) is 0 Å². The molecule has 0 spiro atoms. The molecule has 0 radical (unpaired) electrons. The number of rotatable bonds is 7. The normalized spacial score (nSPS) is 20.6. The summed E-state index contributed by atoms with van der Waals surface area (Å²) in [6.45, 7) is 6.19. The number of ether oxygens (including phenoxy) is 1. The van der Waals surface area contributed by atoms with Gasteiger partial charge in [0.2, 0.25) is 0 Å². The van der Waals surface area contributed by atoms with Crippen LogP contribution in [-0.4, -0.2) is 24.2 Å². The lowest BCUT2D eigenvalue weighted by molar-refractivity contribution is 0.101. The zero-order valence-corrected chi connectivity index (χ0v) is 12.2. The molecule has 1 aromatic heterocycles. The van der Waals surface area contributed by atoms with Crippen molar-refractivity contribution < 1.29 is 4.74 Å².